The summed E-state index contributed by atoms with van der Waals surface area (Å²) in [6.45, 7) is 0. The van der Waals surface area contributed by atoms with Crippen LogP contribution in [0.5, 0.6) is 0 Å². The molecule has 0 saturated heterocycles. The van der Waals surface area contributed by atoms with Crippen LogP contribution in [0.4, 0.5) is 0 Å². The first-order valence-corrected chi connectivity index (χ1v) is 0. The van der Waals surface area contributed by atoms with Gasteiger partial charge in [-0.25, -0.2) is 0 Å². The van der Waals surface area contributed by atoms with Crippen molar-refractivity contribution in [2.45, 2.75) is 0 Å². The van der Waals surface area contributed by atoms with Crippen molar-refractivity contribution in [2.24, 2.45) is 0 Å². The fourth-order valence-corrected chi connectivity index (χ4v) is 0. The molecule has 0 nitrogen and oxygen atoms in total. The molecule has 0 spiro atoms. The van der Waals surface area contributed by atoms with Crippen molar-refractivity contribution in [3.05, 3.63) is 0 Å². The molecule has 0 heterocycles. The summed E-state index contributed by atoms with van der Waals surface area (Å²) >= 11 is 0. The Labute approximate surface area is 92.4 Å². The molecule has 4 heteroatoms. The van der Waals surface area contributed by atoms with Gasteiger partial charge in [-0.05, 0) is 0 Å². The largest absolute Gasteiger partial charge is 0 e. The molecule has 0 radical (unpaired) electrons. The Morgan fingerprint density at radius 3 is 0.500 bits per heavy atom. The zero-order valence-electron chi connectivity index (χ0n) is 1.45. The second-order valence-electron chi connectivity index (χ2n) is 0. The summed E-state index contributed by atoms with van der Waals surface area (Å²) in [5.41, 5.74) is 0. The van der Waals surface area contributed by atoms with E-state index in [-0.39, 0.29) is 94.3 Å². The monoisotopic (exact) mass is 823 g/mol. The van der Waals surface area contributed by atoms with Gasteiger partial charge in [0, 0.05) is 94.3 Å². The first-order chi connectivity index (χ1) is 0. The molecule has 0 unspecified atom stereocenters. The van der Waals surface area contributed by atoms with E-state index in [0.29, 0.717) is 0 Å². The molecule has 0 amide bonds. The number of hydrogen-bond acceptors (Lipinski definition) is 0. The van der Waals surface area contributed by atoms with E-state index in [9.17, 15) is 0 Å². The second-order valence-corrected chi connectivity index (χ2v) is 0. The van der Waals surface area contributed by atoms with E-state index in [0.717, 1.165) is 0 Å². The van der Waals surface area contributed by atoms with E-state index in [2.05, 4.69) is 0 Å². The van der Waals surface area contributed by atoms with Gasteiger partial charge in [-0.3, -0.25) is 0 Å². The summed E-state index contributed by atoms with van der Waals surface area (Å²) in [5.74, 6) is 0. The third-order valence-electron chi connectivity index (χ3n) is 0. The number of rotatable bonds is 0. The van der Waals surface area contributed by atoms with E-state index in [1.54, 1.807) is 0 Å². The van der Waals surface area contributed by atoms with E-state index < -0.39 is 0 Å². The van der Waals surface area contributed by atoms with Gasteiger partial charge < -0.3 is 0 Å². The van der Waals surface area contributed by atoms with Gasteiger partial charge >= 0.3 is 0 Å². The standard InChI is InChI=1S/3Pt.U. The van der Waals surface area contributed by atoms with Crippen molar-refractivity contribution < 1.29 is 94.3 Å². The molecule has 0 N–H and O–H groups in total. The van der Waals surface area contributed by atoms with Crippen LogP contribution < -0.4 is 0 Å². The molecule has 0 aromatic rings. The zero-order valence-corrected chi connectivity index (χ0v) is 12.4. The van der Waals surface area contributed by atoms with Crippen LogP contribution in [0.25, 0.3) is 0 Å². The molecule has 34 valence electrons. The Morgan fingerprint density at radius 1 is 0.500 bits per heavy atom. The average Bonchev–Trinajstić information content (AvgIpc) is 0. The molecule has 0 aliphatic heterocycles. The molecule has 0 saturated carbocycles. The first-order valence-electron chi connectivity index (χ1n) is 0. The van der Waals surface area contributed by atoms with Crippen molar-refractivity contribution in [1.29, 1.82) is 0 Å². The molecule has 0 atom stereocenters. The Hall–Kier alpha value is 3.12. The van der Waals surface area contributed by atoms with Crippen molar-refractivity contribution in [1.82, 2.24) is 0 Å². The Balaban J connectivity index is 0. The van der Waals surface area contributed by atoms with Crippen LogP contribution in [0, 0.1) is 31.1 Å². The minimum Gasteiger partial charge on any atom is 0 e. The second kappa shape index (κ2) is 16.5. The molecular formula is Pt3U. The quantitative estimate of drug-likeness (QED) is 0.323. The minimum absolute atomic E-state index is 0. The van der Waals surface area contributed by atoms with Gasteiger partial charge in [0.05, 0.1) is 0 Å². The van der Waals surface area contributed by atoms with Gasteiger partial charge in [0.2, 0.25) is 0 Å². The van der Waals surface area contributed by atoms with Crippen molar-refractivity contribution in [2.75, 3.05) is 0 Å². The Kier molecular flexibility index (Phi) is 113. The predicted octanol–water partition coefficient (Wildman–Crippen LogP) is -0.00750. The van der Waals surface area contributed by atoms with E-state index in [1.165, 1.54) is 0 Å². The Bertz CT molecular complexity index is 3.25. The van der Waals surface area contributed by atoms with Crippen molar-refractivity contribution in [3.8, 4) is 0 Å². The molecule has 0 bridgehead atoms. The summed E-state index contributed by atoms with van der Waals surface area (Å²) < 4.78 is 0. The van der Waals surface area contributed by atoms with Crippen LogP contribution in [-0.4, -0.2) is 0 Å². The molecule has 0 fully saturated rings. The average molecular weight is 823 g/mol. The molecule has 0 rings (SSSR count). The van der Waals surface area contributed by atoms with Gasteiger partial charge in [-0.2, -0.15) is 0 Å². The molecule has 0 aliphatic carbocycles. The van der Waals surface area contributed by atoms with Gasteiger partial charge in [0.1, 0.15) is 0 Å². The first kappa shape index (κ1) is 27.4. The topological polar surface area (TPSA) is 0 Å². The van der Waals surface area contributed by atoms with E-state index in [1.807, 2.05) is 0 Å². The summed E-state index contributed by atoms with van der Waals surface area (Å²) in [4.78, 5) is 0. The van der Waals surface area contributed by atoms with Gasteiger partial charge in [-0.15, -0.1) is 0 Å². The fourth-order valence-electron chi connectivity index (χ4n) is 0. The van der Waals surface area contributed by atoms with Gasteiger partial charge in [0.15, 0.2) is 0 Å². The third-order valence-corrected chi connectivity index (χ3v) is 0. The van der Waals surface area contributed by atoms with Crippen molar-refractivity contribution in [3.63, 3.8) is 0 Å². The Morgan fingerprint density at radius 2 is 0.500 bits per heavy atom. The molecule has 4 heavy (non-hydrogen) atoms. The maximum absolute atomic E-state index is 0. The van der Waals surface area contributed by atoms with Crippen molar-refractivity contribution >= 4 is 0 Å². The maximum Gasteiger partial charge on any atom is 0 e. The van der Waals surface area contributed by atoms with E-state index in [4.69, 9.17) is 0 Å². The van der Waals surface area contributed by atoms with Crippen LogP contribution in [0.2, 0.25) is 0 Å². The smallest absolute Gasteiger partial charge is 0 e. The minimum atomic E-state index is 0. The normalized spacial score (nSPS) is 0. The van der Waals surface area contributed by atoms with Gasteiger partial charge in [-0.1, -0.05) is 0 Å². The van der Waals surface area contributed by atoms with Crippen LogP contribution in [-0.2, 0) is 63.2 Å². The molecule has 0 aromatic carbocycles. The van der Waals surface area contributed by atoms with Crippen LogP contribution in [0.3, 0.4) is 0 Å². The fraction of sp³-hybridized carbons (Fsp3) is 0. The number of hydrogen-bond donors (Lipinski definition) is 0. The third kappa shape index (κ3) is 8.93. The van der Waals surface area contributed by atoms with Gasteiger partial charge in [0.25, 0.3) is 0 Å². The van der Waals surface area contributed by atoms with Crippen LogP contribution in [0.1, 0.15) is 0 Å². The predicted molar refractivity (Wildman–Crippen MR) is 0 cm³/mol. The summed E-state index contributed by atoms with van der Waals surface area (Å²) in [6, 6.07) is 0. The molecule has 0 aliphatic rings. The summed E-state index contributed by atoms with van der Waals surface area (Å²) in [5, 5.41) is 0. The summed E-state index contributed by atoms with van der Waals surface area (Å²) in [6.07, 6.45) is 0. The molecule has 0 aromatic heterocycles. The zero-order chi connectivity index (χ0) is 0. The van der Waals surface area contributed by atoms with E-state index >= 15 is 0 Å². The van der Waals surface area contributed by atoms with Crippen LogP contribution in [0.15, 0.2) is 0 Å². The molecular weight excluding hydrogens is 823 g/mol. The maximum atomic E-state index is 0. The SMILES string of the molecule is [Pt].[Pt].[Pt].[U]. The van der Waals surface area contributed by atoms with Crippen LogP contribution >= 0.6 is 0 Å². The summed E-state index contributed by atoms with van der Waals surface area (Å²) in [7, 11) is 0.